The first kappa shape index (κ1) is 19.5. The molecule has 22 heavy (non-hydrogen) atoms. The first-order chi connectivity index (χ1) is 10.8. The number of hydrogen-bond acceptors (Lipinski definition) is 1. The van der Waals surface area contributed by atoms with Crippen molar-refractivity contribution in [1.29, 1.82) is 0 Å². The van der Waals surface area contributed by atoms with Crippen LogP contribution in [0.15, 0.2) is 0 Å². The second-order valence-electron chi connectivity index (χ2n) is 7.08. The summed E-state index contributed by atoms with van der Waals surface area (Å²) in [6.07, 6.45) is 20.7. The van der Waals surface area contributed by atoms with E-state index in [4.69, 9.17) is 0 Å². The third-order valence-corrected chi connectivity index (χ3v) is 4.95. The number of rotatable bonds is 11. The highest BCUT2D eigenvalue weighted by atomic mass is 16.2. The molecule has 0 bridgehead atoms. The Morgan fingerprint density at radius 1 is 0.727 bits per heavy atom. The van der Waals surface area contributed by atoms with Crippen molar-refractivity contribution in [2.75, 3.05) is 13.1 Å². The molecule has 0 atom stereocenters. The number of nitrogens with zero attached hydrogens (tertiary/aromatic N) is 1. The molecule has 0 aromatic heterocycles. The predicted molar refractivity (Wildman–Crippen MR) is 96.1 cm³/mol. The lowest BCUT2D eigenvalue weighted by Crippen LogP contribution is -2.32. The van der Waals surface area contributed by atoms with Crippen LogP contribution in [0.5, 0.6) is 0 Å². The van der Waals surface area contributed by atoms with Gasteiger partial charge >= 0.3 is 0 Å². The normalized spacial score (nSPS) is 17.1. The van der Waals surface area contributed by atoms with Crippen LogP contribution in [0.2, 0.25) is 0 Å². The van der Waals surface area contributed by atoms with Gasteiger partial charge in [-0.3, -0.25) is 4.79 Å². The van der Waals surface area contributed by atoms with Crippen molar-refractivity contribution >= 4 is 5.91 Å². The van der Waals surface area contributed by atoms with Gasteiger partial charge in [-0.15, -0.1) is 0 Å². The molecule has 0 aromatic rings. The van der Waals surface area contributed by atoms with E-state index in [-0.39, 0.29) is 0 Å². The summed E-state index contributed by atoms with van der Waals surface area (Å²) in [5, 5.41) is 0. The summed E-state index contributed by atoms with van der Waals surface area (Å²) in [6.45, 7) is 4.30. The summed E-state index contributed by atoms with van der Waals surface area (Å²) in [4.78, 5) is 14.3. The van der Waals surface area contributed by atoms with Gasteiger partial charge in [0.1, 0.15) is 0 Å². The molecule has 1 fully saturated rings. The van der Waals surface area contributed by atoms with Crippen LogP contribution in [0.25, 0.3) is 0 Å². The minimum atomic E-state index is 0.415. The van der Waals surface area contributed by atoms with Gasteiger partial charge in [-0.25, -0.2) is 0 Å². The van der Waals surface area contributed by atoms with E-state index in [1.165, 1.54) is 89.9 Å². The van der Waals surface area contributed by atoms with Crippen molar-refractivity contribution in [1.82, 2.24) is 4.90 Å². The van der Waals surface area contributed by atoms with E-state index in [0.717, 1.165) is 25.9 Å². The molecule has 0 saturated carbocycles. The lowest BCUT2D eigenvalue weighted by atomic mass is 10.1. The first-order valence-corrected chi connectivity index (χ1v) is 10.1. The van der Waals surface area contributed by atoms with Crippen molar-refractivity contribution < 1.29 is 4.79 Å². The highest BCUT2D eigenvalue weighted by Gasteiger charge is 2.13. The Hall–Kier alpha value is -0.530. The molecule has 130 valence electrons. The van der Waals surface area contributed by atoms with Gasteiger partial charge in [0.05, 0.1) is 0 Å². The van der Waals surface area contributed by atoms with E-state index in [1.54, 1.807) is 0 Å². The highest BCUT2D eigenvalue weighted by Crippen LogP contribution is 2.14. The highest BCUT2D eigenvalue weighted by molar-refractivity contribution is 5.76. The zero-order valence-corrected chi connectivity index (χ0v) is 15.1. The van der Waals surface area contributed by atoms with E-state index >= 15 is 0 Å². The first-order valence-electron chi connectivity index (χ1n) is 10.1. The molecule has 1 aliphatic heterocycles. The lowest BCUT2D eigenvalue weighted by Gasteiger charge is -2.22. The third-order valence-electron chi connectivity index (χ3n) is 4.95. The molecule has 1 saturated heterocycles. The molecule has 0 aromatic carbocycles. The van der Waals surface area contributed by atoms with Crippen molar-refractivity contribution in [3.8, 4) is 0 Å². The fourth-order valence-electron chi connectivity index (χ4n) is 3.42. The number of carbonyl (C=O) groups excluding carboxylic acids is 1. The number of amides is 1. The van der Waals surface area contributed by atoms with E-state index in [2.05, 4.69) is 11.8 Å². The Kier molecular flexibility index (Phi) is 12.5. The molecule has 1 rings (SSSR count). The number of unbranched alkanes of at least 4 members (excludes halogenated alkanes) is 9. The SMILES string of the molecule is CCCCCCCCCCCCN1CCCCCCCC1=O. The van der Waals surface area contributed by atoms with Crippen LogP contribution in [0, 0.1) is 0 Å². The quantitative estimate of drug-likeness (QED) is 0.423. The Labute approximate surface area is 139 Å². The van der Waals surface area contributed by atoms with Crippen molar-refractivity contribution in [2.45, 2.75) is 110 Å². The molecule has 1 amide bonds. The predicted octanol–water partition coefficient (Wildman–Crippen LogP) is 6.09. The lowest BCUT2D eigenvalue weighted by molar-refractivity contribution is -0.131. The van der Waals surface area contributed by atoms with Crippen molar-refractivity contribution in [2.24, 2.45) is 0 Å². The summed E-state index contributed by atoms with van der Waals surface area (Å²) in [5.74, 6) is 0.415. The largest absolute Gasteiger partial charge is 0.343 e. The van der Waals surface area contributed by atoms with Gasteiger partial charge in [0, 0.05) is 19.5 Å². The van der Waals surface area contributed by atoms with Crippen LogP contribution in [0.1, 0.15) is 110 Å². The van der Waals surface area contributed by atoms with Crippen molar-refractivity contribution in [3.05, 3.63) is 0 Å². The van der Waals surface area contributed by atoms with Gasteiger partial charge in [0.15, 0.2) is 0 Å². The topological polar surface area (TPSA) is 20.3 Å². The summed E-state index contributed by atoms with van der Waals surface area (Å²) in [5.41, 5.74) is 0. The van der Waals surface area contributed by atoms with E-state index in [9.17, 15) is 4.79 Å². The average molecular weight is 310 g/mol. The smallest absolute Gasteiger partial charge is 0.222 e. The molecule has 2 heteroatoms. The summed E-state index contributed by atoms with van der Waals surface area (Å²) >= 11 is 0. The maximum absolute atomic E-state index is 12.1. The molecule has 1 aliphatic rings. The Morgan fingerprint density at radius 2 is 1.27 bits per heavy atom. The Bertz CT molecular complexity index is 264. The van der Waals surface area contributed by atoms with Gasteiger partial charge < -0.3 is 4.90 Å². The minimum Gasteiger partial charge on any atom is -0.343 e. The van der Waals surface area contributed by atoms with Crippen LogP contribution in [0.3, 0.4) is 0 Å². The van der Waals surface area contributed by atoms with E-state index in [0.29, 0.717) is 5.91 Å². The molecule has 1 heterocycles. The maximum Gasteiger partial charge on any atom is 0.222 e. The zero-order chi connectivity index (χ0) is 15.9. The van der Waals surface area contributed by atoms with Crippen molar-refractivity contribution in [3.63, 3.8) is 0 Å². The molecular formula is C20H39NO. The monoisotopic (exact) mass is 309 g/mol. The minimum absolute atomic E-state index is 0.415. The molecule has 2 nitrogen and oxygen atoms in total. The third kappa shape index (κ3) is 10.2. The fourth-order valence-corrected chi connectivity index (χ4v) is 3.42. The molecule has 0 N–H and O–H groups in total. The van der Waals surface area contributed by atoms with E-state index < -0.39 is 0 Å². The number of hydrogen-bond donors (Lipinski definition) is 0. The van der Waals surface area contributed by atoms with Crippen LogP contribution in [-0.4, -0.2) is 23.9 Å². The number of carbonyl (C=O) groups is 1. The van der Waals surface area contributed by atoms with Gasteiger partial charge in [-0.05, 0) is 19.3 Å². The van der Waals surface area contributed by atoms with Gasteiger partial charge in [0.25, 0.3) is 0 Å². The Morgan fingerprint density at radius 3 is 1.95 bits per heavy atom. The maximum atomic E-state index is 12.1. The molecule has 0 unspecified atom stereocenters. The van der Waals surface area contributed by atoms with Crippen LogP contribution in [0.4, 0.5) is 0 Å². The Balaban J connectivity index is 1.96. The second kappa shape index (κ2) is 14.1. The van der Waals surface area contributed by atoms with Gasteiger partial charge in [0.2, 0.25) is 5.91 Å². The van der Waals surface area contributed by atoms with Gasteiger partial charge in [-0.1, -0.05) is 84.0 Å². The van der Waals surface area contributed by atoms with E-state index in [1.807, 2.05) is 0 Å². The zero-order valence-electron chi connectivity index (χ0n) is 15.1. The molecule has 0 spiro atoms. The average Bonchev–Trinajstić information content (AvgIpc) is 2.62. The van der Waals surface area contributed by atoms with Crippen LogP contribution < -0.4 is 0 Å². The van der Waals surface area contributed by atoms with Gasteiger partial charge in [-0.2, -0.15) is 0 Å². The molecule has 0 radical (unpaired) electrons. The summed E-state index contributed by atoms with van der Waals surface area (Å²) < 4.78 is 0. The fraction of sp³-hybridized carbons (Fsp3) is 0.950. The molecule has 0 aliphatic carbocycles. The standard InChI is InChI=1S/C20H39NO/c1-2-3-4-5-6-7-8-9-12-15-18-21-19-16-13-10-11-14-17-20(21)22/h2-19H2,1H3. The molecular weight excluding hydrogens is 270 g/mol. The second-order valence-corrected chi connectivity index (χ2v) is 7.08. The van der Waals surface area contributed by atoms with Crippen LogP contribution in [-0.2, 0) is 4.79 Å². The summed E-state index contributed by atoms with van der Waals surface area (Å²) in [7, 11) is 0. The van der Waals surface area contributed by atoms with Crippen LogP contribution >= 0.6 is 0 Å². The summed E-state index contributed by atoms with van der Waals surface area (Å²) in [6, 6.07) is 0.